The van der Waals surface area contributed by atoms with Gasteiger partial charge in [0.2, 0.25) is 5.82 Å². The average Bonchev–Trinajstić information content (AvgIpc) is 3.09. The Morgan fingerprint density at radius 1 is 1.16 bits per heavy atom. The number of nitrogens with zero attached hydrogens (tertiary/aromatic N) is 2. The van der Waals surface area contributed by atoms with Gasteiger partial charge in [-0.2, -0.15) is 4.98 Å². The Kier molecular flexibility index (Phi) is 4.79. The van der Waals surface area contributed by atoms with E-state index in [1.807, 2.05) is 44.2 Å². The second-order valence-corrected chi connectivity index (χ2v) is 5.64. The second-order valence-electron chi connectivity index (χ2n) is 5.64. The third-order valence-corrected chi connectivity index (χ3v) is 3.72. The Hall–Kier alpha value is -3.15. The summed E-state index contributed by atoms with van der Waals surface area (Å²) in [7, 11) is 1.59. The molecule has 0 aliphatic rings. The predicted molar refractivity (Wildman–Crippen MR) is 91.3 cm³/mol. The smallest absolute Gasteiger partial charge is 0.338 e. The first-order valence-electron chi connectivity index (χ1n) is 7.78. The van der Waals surface area contributed by atoms with Crippen LogP contribution in [0.25, 0.3) is 11.4 Å². The molecule has 0 fully saturated rings. The van der Waals surface area contributed by atoms with Crippen molar-refractivity contribution >= 4 is 5.97 Å². The van der Waals surface area contributed by atoms with E-state index < -0.39 is 5.97 Å². The molecule has 0 spiro atoms. The molecule has 0 atom stereocenters. The van der Waals surface area contributed by atoms with E-state index in [1.165, 1.54) is 0 Å². The van der Waals surface area contributed by atoms with Crippen LogP contribution in [0.3, 0.4) is 0 Å². The third kappa shape index (κ3) is 3.85. The molecular formula is C19H18N2O4. The van der Waals surface area contributed by atoms with Crippen LogP contribution in [0.1, 0.15) is 27.4 Å². The highest BCUT2D eigenvalue weighted by Gasteiger charge is 2.14. The number of methoxy groups -OCH3 is 1. The molecule has 0 amide bonds. The fourth-order valence-corrected chi connectivity index (χ4v) is 2.44. The summed E-state index contributed by atoms with van der Waals surface area (Å²) in [5, 5.41) is 3.91. The van der Waals surface area contributed by atoms with Crippen LogP contribution in [-0.4, -0.2) is 23.2 Å². The van der Waals surface area contributed by atoms with E-state index >= 15 is 0 Å². The number of rotatable bonds is 5. The zero-order valence-corrected chi connectivity index (χ0v) is 14.3. The number of ether oxygens (including phenoxy) is 2. The molecule has 6 nitrogen and oxygen atoms in total. The summed E-state index contributed by atoms with van der Waals surface area (Å²) in [6.45, 7) is 3.76. The van der Waals surface area contributed by atoms with Crippen molar-refractivity contribution < 1.29 is 18.8 Å². The first kappa shape index (κ1) is 16.7. The number of carbonyl (C=O) groups is 1. The summed E-state index contributed by atoms with van der Waals surface area (Å²) in [4.78, 5) is 16.4. The summed E-state index contributed by atoms with van der Waals surface area (Å²) < 4.78 is 15.6. The van der Waals surface area contributed by atoms with Gasteiger partial charge in [0.25, 0.3) is 5.89 Å². The maximum Gasteiger partial charge on any atom is 0.338 e. The lowest BCUT2D eigenvalue weighted by Gasteiger charge is -2.06. The zero-order chi connectivity index (χ0) is 17.8. The van der Waals surface area contributed by atoms with Gasteiger partial charge in [0.15, 0.2) is 6.61 Å². The van der Waals surface area contributed by atoms with E-state index in [-0.39, 0.29) is 12.5 Å². The number of hydrogen-bond donors (Lipinski definition) is 0. The van der Waals surface area contributed by atoms with Crippen LogP contribution in [0.4, 0.5) is 0 Å². The van der Waals surface area contributed by atoms with E-state index in [1.54, 1.807) is 19.2 Å². The van der Waals surface area contributed by atoms with E-state index in [2.05, 4.69) is 10.1 Å². The van der Waals surface area contributed by atoms with Gasteiger partial charge >= 0.3 is 5.97 Å². The molecule has 25 heavy (non-hydrogen) atoms. The molecule has 0 aliphatic heterocycles. The van der Waals surface area contributed by atoms with Crippen LogP contribution in [0.2, 0.25) is 0 Å². The van der Waals surface area contributed by atoms with Gasteiger partial charge in [0.05, 0.1) is 12.7 Å². The van der Waals surface area contributed by atoms with Crippen molar-refractivity contribution in [1.29, 1.82) is 0 Å². The molecule has 0 bridgehead atoms. The standard InChI is InChI=1S/C19H18N2O4/c1-12-7-8-16(13(2)9-12)19(22)24-11-17-20-18(21-25-17)14-5-4-6-15(10-14)23-3/h4-10H,11H2,1-3H3. The van der Waals surface area contributed by atoms with Crippen molar-refractivity contribution in [3.8, 4) is 17.1 Å². The van der Waals surface area contributed by atoms with Crippen LogP contribution < -0.4 is 4.74 Å². The van der Waals surface area contributed by atoms with Gasteiger partial charge in [-0.15, -0.1) is 0 Å². The fourth-order valence-electron chi connectivity index (χ4n) is 2.44. The number of esters is 1. The number of aromatic nitrogens is 2. The molecule has 0 unspecified atom stereocenters. The average molecular weight is 338 g/mol. The predicted octanol–water partition coefficient (Wildman–Crippen LogP) is 3.72. The number of benzene rings is 2. The zero-order valence-electron chi connectivity index (χ0n) is 14.3. The topological polar surface area (TPSA) is 74.5 Å². The number of aryl methyl sites for hydroxylation is 2. The summed E-state index contributed by atoms with van der Waals surface area (Å²) in [5.74, 6) is 0.927. The Labute approximate surface area is 145 Å². The Balaban J connectivity index is 1.68. The molecule has 6 heteroatoms. The summed E-state index contributed by atoms with van der Waals surface area (Å²) >= 11 is 0. The molecule has 2 aromatic carbocycles. The lowest BCUT2D eigenvalue weighted by atomic mass is 10.1. The summed E-state index contributed by atoms with van der Waals surface area (Å²) in [6, 6.07) is 12.9. The molecule has 0 saturated heterocycles. The molecule has 3 aromatic rings. The van der Waals surface area contributed by atoms with Gasteiger partial charge < -0.3 is 14.0 Å². The van der Waals surface area contributed by atoms with Crippen LogP contribution >= 0.6 is 0 Å². The molecule has 3 rings (SSSR count). The Morgan fingerprint density at radius 2 is 2.00 bits per heavy atom. The first-order valence-corrected chi connectivity index (χ1v) is 7.78. The lowest BCUT2D eigenvalue weighted by molar-refractivity contribution is 0.0429. The van der Waals surface area contributed by atoms with Crippen molar-refractivity contribution in [2.45, 2.75) is 20.5 Å². The van der Waals surface area contributed by atoms with Gasteiger partial charge in [-0.3, -0.25) is 0 Å². The third-order valence-electron chi connectivity index (χ3n) is 3.72. The minimum atomic E-state index is -0.418. The van der Waals surface area contributed by atoms with E-state index in [9.17, 15) is 4.79 Å². The normalized spacial score (nSPS) is 10.5. The van der Waals surface area contributed by atoms with Crippen molar-refractivity contribution in [1.82, 2.24) is 10.1 Å². The van der Waals surface area contributed by atoms with Crippen LogP contribution in [0.15, 0.2) is 47.0 Å². The molecule has 0 aliphatic carbocycles. The van der Waals surface area contributed by atoms with Crippen LogP contribution in [-0.2, 0) is 11.3 Å². The van der Waals surface area contributed by atoms with Gasteiger partial charge in [-0.25, -0.2) is 4.79 Å². The molecule has 1 heterocycles. The highest BCUT2D eigenvalue weighted by Crippen LogP contribution is 2.21. The van der Waals surface area contributed by atoms with Gasteiger partial charge in [-0.05, 0) is 37.6 Å². The van der Waals surface area contributed by atoms with Crippen molar-refractivity contribution in [2.75, 3.05) is 7.11 Å². The monoisotopic (exact) mass is 338 g/mol. The minimum absolute atomic E-state index is 0.0802. The molecule has 0 N–H and O–H groups in total. The minimum Gasteiger partial charge on any atom is -0.497 e. The van der Waals surface area contributed by atoms with E-state index in [0.717, 1.165) is 16.7 Å². The molecule has 128 valence electrons. The summed E-state index contributed by atoms with van der Waals surface area (Å²) in [6.07, 6.45) is 0. The van der Waals surface area contributed by atoms with Crippen LogP contribution in [0.5, 0.6) is 5.75 Å². The molecule has 1 aromatic heterocycles. The highest BCUT2D eigenvalue weighted by atomic mass is 16.6. The maximum absolute atomic E-state index is 12.2. The Morgan fingerprint density at radius 3 is 2.76 bits per heavy atom. The summed E-state index contributed by atoms with van der Waals surface area (Å²) in [5.41, 5.74) is 3.25. The second kappa shape index (κ2) is 7.17. The largest absolute Gasteiger partial charge is 0.497 e. The first-order chi connectivity index (χ1) is 12.1. The molecular weight excluding hydrogens is 320 g/mol. The van der Waals surface area contributed by atoms with Gasteiger partial charge in [0.1, 0.15) is 5.75 Å². The van der Waals surface area contributed by atoms with Crippen molar-refractivity contribution in [3.63, 3.8) is 0 Å². The van der Waals surface area contributed by atoms with E-state index in [4.69, 9.17) is 14.0 Å². The number of carbonyl (C=O) groups excluding carboxylic acids is 1. The molecule has 0 saturated carbocycles. The number of hydrogen-bond acceptors (Lipinski definition) is 6. The lowest BCUT2D eigenvalue weighted by Crippen LogP contribution is -2.07. The SMILES string of the molecule is COc1cccc(-c2noc(COC(=O)c3ccc(C)cc3C)n2)c1. The van der Waals surface area contributed by atoms with Gasteiger partial charge in [-0.1, -0.05) is 35.0 Å². The fraction of sp³-hybridized carbons (Fsp3) is 0.211. The van der Waals surface area contributed by atoms with E-state index in [0.29, 0.717) is 17.1 Å². The quantitative estimate of drug-likeness (QED) is 0.660. The maximum atomic E-state index is 12.2. The van der Waals surface area contributed by atoms with Gasteiger partial charge in [0, 0.05) is 5.56 Å². The van der Waals surface area contributed by atoms with Crippen molar-refractivity contribution in [3.05, 3.63) is 65.0 Å². The Bertz CT molecular complexity index is 902. The van der Waals surface area contributed by atoms with Crippen molar-refractivity contribution in [2.24, 2.45) is 0 Å². The van der Waals surface area contributed by atoms with Crippen LogP contribution in [0, 0.1) is 13.8 Å². The highest BCUT2D eigenvalue weighted by molar-refractivity contribution is 5.91. The molecule has 0 radical (unpaired) electrons.